The third kappa shape index (κ3) is 2.60. The molecule has 0 radical (unpaired) electrons. The van der Waals surface area contributed by atoms with E-state index in [-0.39, 0.29) is 17.1 Å². The first-order valence-corrected chi connectivity index (χ1v) is 7.94. The van der Waals surface area contributed by atoms with E-state index < -0.39 is 0 Å². The Hall–Kier alpha value is -1.33. The minimum Gasteiger partial charge on any atom is -0.295 e. The fourth-order valence-electron chi connectivity index (χ4n) is 2.18. The number of hydrogen-bond donors (Lipinski definition) is 0. The van der Waals surface area contributed by atoms with Crippen molar-refractivity contribution >= 4 is 39.3 Å². The molecule has 1 fully saturated rings. The van der Waals surface area contributed by atoms with Gasteiger partial charge in [-0.3, -0.25) is 9.69 Å². The zero-order valence-electron chi connectivity index (χ0n) is 10.4. The van der Waals surface area contributed by atoms with Crippen molar-refractivity contribution in [3.63, 3.8) is 0 Å². The van der Waals surface area contributed by atoms with Crippen LogP contribution in [0, 0.1) is 5.82 Å². The lowest BCUT2D eigenvalue weighted by atomic mass is 10.2. The van der Waals surface area contributed by atoms with Crippen molar-refractivity contribution < 1.29 is 9.18 Å². The van der Waals surface area contributed by atoms with Crippen LogP contribution < -0.4 is 4.90 Å². The van der Waals surface area contributed by atoms with Gasteiger partial charge in [-0.15, -0.1) is 11.8 Å². The van der Waals surface area contributed by atoms with Crippen LogP contribution in [-0.2, 0) is 4.79 Å². The molecule has 5 heteroatoms. The number of carbonyl (C=O) groups is 1. The number of halogens is 2. The standard InChI is InChI=1S/C15H11BrFNOS/c16-11-3-1-10(2-4-11)15-18(14(19)9-20-15)13-7-5-12(17)6-8-13/h1-8,15H,9H2. The van der Waals surface area contributed by atoms with Crippen LogP contribution in [0.25, 0.3) is 0 Å². The van der Waals surface area contributed by atoms with Crippen molar-refractivity contribution in [2.45, 2.75) is 5.37 Å². The molecule has 1 aliphatic rings. The number of thioether (sulfide) groups is 1. The maximum Gasteiger partial charge on any atom is 0.238 e. The topological polar surface area (TPSA) is 20.3 Å². The van der Waals surface area contributed by atoms with E-state index in [0.717, 1.165) is 15.7 Å². The maximum atomic E-state index is 13.0. The second-order valence-electron chi connectivity index (χ2n) is 4.46. The van der Waals surface area contributed by atoms with E-state index in [1.54, 1.807) is 28.8 Å². The van der Waals surface area contributed by atoms with E-state index in [1.165, 1.54) is 12.1 Å². The summed E-state index contributed by atoms with van der Waals surface area (Å²) in [6.07, 6.45) is 0. The van der Waals surface area contributed by atoms with Gasteiger partial charge in [-0.2, -0.15) is 0 Å². The molecule has 2 nitrogen and oxygen atoms in total. The molecule has 1 aliphatic heterocycles. The molecule has 1 heterocycles. The van der Waals surface area contributed by atoms with Gasteiger partial charge < -0.3 is 0 Å². The summed E-state index contributed by atoms with van der Waals surface area (Å²) >= 11 is 4.99. The molecule has 1 amide bonds. The van der Waals surface area contributed by atoms with Crippen molar-refractivity contribution in [3.8, 4) is 0 Å². The lowest BCUT2D eigenvalue weighted by Crippen LogP contribution is -2.27. The summed E-state index contributed by atoms with van der Waals surface area (Å²) in [6, 6.07) is 14.0. The van der Waals surface area contributed by atoms with Gasteiger partial charge in [-0.1, -0.05) is 28.1 Å². The molecule has 0 N–H and O–H groups in total. The lowest BCUT2D eigenvalue weighted by molar-refractivity contribution is -0.115. The molecule has 0 bridgehead atoms. The summed E-state index contributed by atoms with van der Waals surface area (Å²) in [6.45, 7) is 0. The van der Waals surface area contributed by atoms with Crippen LogP contribution in [0.4, 0.5) is 10.1 Å². The van der Waals surface area contributed by atoms with E-state index in [2.05, 4.69) is 15.9 Å². The normalized spacial score (nSPS) is 18.6. The molecule has 102 valence electrons. The number of benzene rings is 2. The quantitative estimate of drug-likeness (QED) is 0.800. The van der Waals surface area contributed by atoms with E-state index >= 15 is 0 Å². The van der Waals surface area contributed by atoms with E-state index in [4.69, 9.17) is 0 Å². The van der Waals surface area contributed by atoms with Crippen LogP contribution in [0.2, 0.25) is 0 Å². The largest absolute Gasteiger partial charge is 0.295 e. The molecule has 1 atom stereocenters. The molecule has 20 heavy (non-hydrogen) atoms. The number of hydrogen-bond acceptors (Lipinski definition) is 2. The average Bonchev–Trinajstić information content (AvgIpc) is 2.83. The van der Waals surface area contributed by atoms with Crippen LogP contribution in [0.15, 0.2) is 53.0 Å². The van der Waals surface area contributed by atoms with Gasteiger partial charge in [0.15, 0.2) is 0 Å². The van der Waals surface area contributed by atoms with Crippen molar-refractivity contribution in [2.75, 3.05) is 10.7 Å². The zero-order valence-corrected chi connectivity index (χ0v) is 12.8. The van der Waals surface area contributed by atoms with Crippen LogP contribution >= 0.6 is 27.7 Å². The fourth-order valence-corrected chi connectivity index (χ4v) is 3.62. The van der Waals surface area contributed by atoms with Crippen molar-refractivity contribution in [2.24, 2.45) is 0 Å². The van der Waals surface area contributed by atoms with Gasteiger partial charge in [0.1, 0.15) is 11.2 Å². The number of rotatable bonds is 2. The lowest BCUT2D eigenvalue weighted by Gasteiger charge is -2.24. The van der Waals surface area contributed by atoms with E-state index in [0.29, 0.717) is 5.75 Å². The Morgan fingerprint density at radius 1 is 1.10 bits per heavy atom. The second kappa shape index (κ2) is 5.58. The molecule has 0 saturated carbocycles. The summed E-state index contributed by atoms with van der Waals surface area (Å²) < 4.78 is 14.0. The number of anilines is 1. The molecule has 0 aliphatic carbocycles. The zero-order chi connectivity index (χ0) is 14.1. The van der Waals surface area contributed by atoms with Gasteiger partial charge in [-0.05, 0) is 42.0 Å². The number of nitrogens with zero attached hydrogens (tertiary/aromatic N) is 1. The first-order chi connectivity index (χ1) is 9.65. The van der Waals surface area contributed by atoms with Crippen molar-refractivity contribution in [1.29, 1.82) is 0 Å². The highest BCUT2D eigenvalue weighted by Gasteiger charge is 2.33. The highest BCUT2D eigenvalue weighted by atomic mass is 79.9. The molecule has 0 spiro atoms. The third-order valence-electron chi connectivity index (χ3n) is 3.13. The highest BCUT2D eigenvalue weighted by Crippen LogP contribution is 2.41. The van der Waals surface area contributed by atoms with Crippen LogP contribution in [-0.4, -0.2) is 11.7 Å². The molecule has 2 aromatic rings. The molecule has 1 unspecified atom stereocenters. The van der Waals surface area contributed by atoms with Gasteiger partial charge in [0.05, 0.1) is 5.75 Å². The van der Waals surface area contributed by atoms with E-state index in [9.17, 15) is 9.18 Å². The Labute approximate surface area is 129 Å². The van der Waals surface area contributed by atoms with Gasteiger partial charge in [0, 0.05) is 10.2 Å². The minimum atomic E-state index is -0.298. The number of carbonyl (C=O) groups excluding carboxylic acids is 1. The first-order valence-electron chi connectivity index (χ1n) is 6.10. The van der Waals surface area contributed by atoms with E-state index in [1.807, 2.05) is 24.3 Å². The van der Waals surface area contributed by atoms with Crippen LogP contribution in [0.5, 0.6) is 0 Å². The Morgan fingerprint density at radius 2 is 1.75 bits per heavy atom. The van der Waals surface area contributed by atoms with Gasteiger partial charge >= 0.3 is 0 Å². The predicted octanol–water partition coefficient (Wildman–Crippen LogP) is 4.37. The van der Waals surface area contributed by atoms with Crippen molar-refractivity contribution in [3.05, 3.63) is 64.4 Å². The Morgan fingerprint density at radius 3 is 2.40 bits per heavy atom. The fraction of sp³-hybridized carbons (Fsp3) is 0.133. The van der Waals surface area contributed by atoms with Gasteiger partial charge in [-0.25, -0.2) is 4.39 Å². The Balaban J connectivity index is 1.96. The Bertz CT molecular complexity index is 629. The predicted molar refractivity (Wildman–Crippen MR) is 83.2 cm³/mol. The highest BCUT2D eigenvalue weighted by molar-refractivity contribution is 9.10. The summed E-state index contributed by atoms with van der Waals surface area (Å²) in [7, 11) is 0. The SMILES string of the molecule is O=C1CSC(c2ccc(Br)cc2)N1c1ccc(F)cc1. The van der Waals surface area contributed by atoms with Gasteiger partial charge in [0.25, 0.3) is 0 Å². The summed E-state index contributed by atoms with van der Waals surface area (Å²) in [5.74, 6) is 0.195. The third-order valence-corrected chi connectivity index (χ3v) is 4.87. The first kappa shape index (κ1) is 13.6. The molecule has 3 rings (SSSR count). The average molecular weight is 352 g/mol. The molecular formula is C15H11BrFNOS. The second-order valence-corrected chi connectivity index (χ2v) is 6.44. The Kier molecular flexibility index (Phi) is 3.81. The molecular weight excluding hydrogens is 341 g/mol. The molecule has 2 aromatic carbocycles. The maximum absolute atomic E-state index is 13.0. The molecule has 1 saturated heterocycles. The minimum absolute atomic E-state index is 0.0505. The monoisotopic (exact) mass is 351 g/mol. The van der Waals surface area contributed by atoms with Crippen LogP contribution in [0.1, 0.15) is 10.9 Å². The summed E-state index contributed by atoms with van der Waals surface area (Å²) in [4.78, 5) is 13.8. The summed E-state index contributed by atoms with van der Waals surface area (Å²) in [5.41, 5.74) is 1.79. The molecule has 0 aromatic heterocycles. The van der Waals surface area contributed by atoms with Crippen molar-refractivity contribution in [1.82, 2.24) is 0 Å². The smallest absolute Gasteiger partial charge is 0.238 e. The number of amides is 1. The van der Waals surface area contributed by atoms with Crippen LogP contribution in [0.3, 0.4) is 0 Å². The van der Waals surface area contributed by atoms with Gasteiger partial charge in [0.2, 0.25) is 5.91 Å². The summed E-state index contributed by atoms with van der Waals surface area (Å²) in [5, 5.41) is -0.0546.